The maximum absolute atomic E-state index is 11.5. The number of nitro groups is 1. The van der Waals surface area contributed by atoms with Crippen LogP contribution in [0.1, 0.15) is 6.92 Å². The van der Waals surface area contributed by atoms with Gasteiger partial charge in [0.25, 0.3) is 5.69 Å². The van der Waals surface area contributed by atoms with E-state index in [1.165, 1.54) is 12.1 Å². The van der Waals surface area contributed by atoms with Gasteiger partial charge < -0.3 is 4.90 Å². The standard InChI is InChI=1S/C14H21N3O4S/c1-2-22(20,21)12-11-15-7-9-16(10-8-15)13-3-5-14(6-4-13)17(18)19/h3-6H,2,7-12H2,1H3. The van der Waals surface area contributed by atoms with Crippen LogP contribution in [0.25, 0.3) is 0 Å². The van der Waals surface area contributed by atoms with Crippen LogP contribution in [0.3, 0.4) is 0 Å². The van der Waals surface area contributed by atoms with Crippen molar-refractivity contribution in [2.45, 2.75) is 6.92 Å². The van der Waals surface area contributed by atoms with Gasteiger partial charge in [-0.1, -0.05) is 6.92 Å². The molecule has 0 aromatic heterocycles. The third-order valence-electron chi connectivity index (χ3n) is 3.96. The van der Waals surface area contributed by atoms with Crippen molar-refractivity contribution >= 4 is 21.2 Å². The van der Waals surface area contributed by atoms with Crippen LogP contribution in [0.5, 0.6) is 0 Å². The van der Waals surface area contributed by atoms with Gasteiger partial charge in [0.05, 0.1) is 10.7 Å². The molecule has 1 aromatic rings. The molecule has 1 heterocycles. The minimum absolute atomic E-state index is 0.0900. The summed E-state index contributed by atoms with van der Waals surface area (Å²) < 4.78 is 23.0. The van der Waals surface area contributed by atoms with Gasteiger partial charge in [-0.3, -0.25) is 15.0 Å². The van der Waals surface area contributed by atoms with Crippen LogP contribution >= 0.6 is 0 Å². The first kappa shape index (κ1) is 16.7. The zero-order chi connectivity index (χ0) is 16.2. The molecular formula is C14H21N3O4S. The maximum atomic E-state index is 11.5. The van der Waals surface area contributed by atoms with E-state index in [9.17, 15) is 18.5 Å². The van der Waals surface area contributed by atoms with Gasteiger partial charge in [0, 0.05) is 56.3 Å². The van der Waals surface area contributed by atoms with Crippen molar-refractivity contribution < 1.29 is 13.3 Å². The molecule has 2 rings (SSSR count). The van der Waals surface area contributed by atoms with Gasteiger partial charge in [-0.05, 0) is 12.1 Å². The lowest BCUT2D eigenvalue weighted by molar-refractivity contribution is -0.384. The minimum Gasteiger partial charge on any atom is -0.369 e. The maximum Gasteiger partial charge on any atom is 0.269 e. The Balaban J connectivity index is 1.85. The highest BCUT2D eigenvalue weighted by Crippen LogP contribution is 2.20. The zero-order valence-corrected chi connectivity index (χ0v) is 13.5. The molecule has 7 nitrogen and oxygen atoms in total. The Bertz CT molecular complexity index is 607. The van der Waals surface area contributed by atoms with E-state index in [1.54, 1.807) is 19.1 Å². The SMILES string of the molecule is CCS(=O)(=O)CCN1CCN(c2ccc([N+](=O)[O-])cc2)CC1. The number of hydrogen-bond donors (Lipinski definition) is 0. The molecule has 22 heavy (non-hydrogen) atoms. The molecule has 1 aliphatic heterocycles. The summed E-state index contributed by atoms with van der Waals surface area (Å²) in [6.45, 7) is 5.44. The molecule has 1 saturated heterocycles. The molecule has 0 spiro atoms. The highest BCUT2D eigenvalue weighted by atomic mass is 32.2. The van der Waals surface area contributed by atoms with E-state index in [0.29, 0.717) is 6.54 Å². The van der Waals surface area contributed by atoms with Crippen molar-refractivity contribution in [3.63, 3.8) is 0 Å². The molecule has 8 heteroatoms. The number of rotatable bonds is 6. The fourth-order valence-corrected chi connectivity index (χ4v) is 3.25. The largest absolute Gasteiger partial charge is 0.369 e. The third kappa shape index (κ3) is 4.41. The Morgan fingerprint density at radius 1 is 1.14 bits per heavy atom. The van der Waals surface area contributed by atoms with Crippen molar-refractivity contribution in [1.82, 2.24) is 4.90 Å². The lowest BCUT2D eigenvalue weighted by Crippen LogP contribution is -2.47. The van der Waals surface area contributed by atoms with E-state index in [-0.39, 0.29) is 17.2 Å². The number of nitro benzene ring substituents is 1. The van der Waals surface area contributed by atoms with E-state index < -0.39 is 14.8 Å². The number of anilines is 1. The smallest absolute Gasteiger partial charge is 0.269 e. The first-order chi connectivity index (χ1) is 10.4. The molecule has 0 N–H and O–H groups in total. The van der Waals surface area contributed by atoms with Crippen molar-refractivity contribution in [2.24, 2.45) is 0 Å². The van der Waals surface area contributed by atoms with Crippen LogP contribution in [-0.4, -0.2) is 62.5 Å². The minimum atomic E-state index is -2.92. The summed E-state index contributed by atoms with van der Waals surface area (Å²) in [5, 5.41) is 10.6. The quantitative estimate of drug-likeness (QED) is 0.576. The third-order valence-corrected chi connectivity index (χ3v) is 5.64. The van der Waals surface area contributed by atoms with Crippen molar-refractivity contribution in [3.05, 3.63) is 34.4 Å². The lowest BCUT2D eigenvalue weighted by atomic mass is 10.2. The van der Waals surface area contributed by atoms with Gasteiger partial charge in [0.2, 0.25) is 0 Å². The van der Waals surface area contributed by atoms with E-state index >= 15 is 0 Å². The van der Waals surface area contributed by atoms with E-state index in [1.807, 2.05) is 0 Å². The Labute approximate surface area is 130 Å². The second-order valence-electron chi connectivity index (χ2n) is 5.34. The predicted octanol–water partition coefficient (Wildman–Crippen LogP) is 1.15. The second kappa shape index (κ2) is 7.06. The van der Waals surface area contributed by atoms with E-state index in [2.05, 4.69) is 9.80 Å². The van der Waals surface area contributed by atoms with Crippen molar-refractivity contribution in [2.75, 3.05) is 49.1 Å². The molecule has 0 bridgehead atoms. The second-order valence-corrected chi connectivity index (χ2v) is 7.81. The van der Waals surface area contributed by atoms with Gasteiger partial charge in [0.1, 0.15) is 0 Å². The van der Waals surface area contributed by atoms with Crippen LogP contribution in [-0.2, 0) is 9.84 Å². The molecule has 0 unspecified atom stereocenters. The Kier molecular flexibility index (Phi) is 5.36. The number of piperazine rings is 1. The molecule has 0 atom stereocenters. The Morgan fingerprint density at radius 2 is 1.73 bits per heavy atom. The Morgan fingerprint density at radius 3 is 2.23 bits per heavy atom. The van der Waals surface area contributed by atoms with Gasteiger partial charge in [0.15, 0.2) is 9.84 Å². The first-order valence-corrected chi connectivity index (χ1v) is 9.15. The molecule has 0 aliphatic carbocycles. The number of nitrogens with zero attached hydrogens (tertiary/aromatic N) is 3. The summed E-state index contributed by atoms with van der Waals surface area (Å²) in [4.78, 5) is 14.5. The number of benzene rings is 1. The average molecular weight is 327 g/mol. The van der Waals surface area contributed by atoms with Crippen LogP contribution < -0.4 is 4.90 Å². The molecule has 0 amide bonds. The molecule has 122 valence electrons. The molecular weight excluding hydrogens is 306 g/mol. The van der Waals surface area contributed by atoms with Crippen molar-refractivity contribution in [3.8, 4) is 0 Å². The molecule has 0 radical (unpaired) electrons. The lowest BCUT2D eigenvalue weighted by Gasteiger charge is -2.36. The topological polar surface area (TPSA) is 83.8 Å². The van der Waals surface area contributed by atoms with E-state index in [0.717, 1.165) is 31.9 Å². The summed E-state index contributed by atoms with van der Waals surface area (Å²) in [6, 6.07) is 6.54. The molecule has 0 saturated carbocycles. The summed E-state index contributed by atoms with van der Waals surface area (Å²) in [5.74, 6) is 0.400. The zero-order valence-electron chi connectivity index (χ0n) is 12.6. The molecule has 1 aliphatic rings. The van der Waals surface area contributed by atoms with Crippen molar-refractivity contribution in [1.29, 1.82) is 0 Å². The fraction of sp³-hybridized carbons (Fsp3) is 0.571. The van der Waals surface area contributed by atoms with Crippen LogP contribution in [0.2, 0.25) is 0 Å². The monoisotopic (exact) mass is 327 g/mol. The van der Waals surface area contributed by atoms with E-state index in [4.69, 9.17) is 0 Å². The molecule has 1 fully saturated rings. The highest BCUT2D eigenvalue weighted by molar-refractivity contribution is 7.91. The van der Waals surface area contributed by atoms with Crippen LogP contribution in [0, 0.1) is 10.1 Å². The summed E-state index contributed by atoms with van der Waals surface area (Å²) in [6.07, 6.45) is 0. The van der Waals surface area contributed by atoms with Gasteiger partial charge in [-0.15, -0.1) is 0 Å². The normalized spacial score (nSPS) is 16.7. The molecule has 1 aromatic carbocycles. The first-order valence-electron chi connectivity index (χ1n) is 7.33. The van der Waals surface area contributed by atoms with Gasteiger partial charge >= 0.3 is 0 Å². The summed E-state index contributed by atoms with van der Waals surface area (Å²) >= 11 is 0. The highest BCUT2D eigenvalue weighted by Gasteiger charge is 2.19. The summed E-state index contributed by atoms with van der Waals surface area (Å²) in [7, 11) is -2.92. The van der Waals surface area contributed by atoms with Crippen LogP contribution in [0.4, 0.5) is 11.4 Å². The van der Waals surface area contributed by atoms with Gasteiger partial charge in [-0.25, -0.2) is 8.42 Å². The predicted molar refractivity (Wildman–Crippen MR) is 86.1 cm³/mol. The van der Waals surface area contributed by atoms with Crippen LogP contribution in [0.15, 0.2) is 24.3 Å². The fourth-order valence-electron chi connectivity index (χ4n) is 2.43. The number of non-ortho nitro benzene ring substituents is 1. The van der Waals surface area contributed by atoms with Gasteiger partial charge in [-0.2, -0.15) is 0 Å². The number of sulfone groups is 1. The average Bonchev–Trinajstić information content (AvgIpc) is 2.54. The summed E-state index contributed by atoms with van der Waals surface area (Å²) in [5.41, 5.74) is 1.05. The Hall–Kier alpha value is -1.67. The number of hydrogen-bond acceptors (Lipinski definition) is 6.